The van der Waals surface area contributed by atoms with Crippen molar-refractivity contribution >= 4 is 5.69 Å². The molecule has 0 aliphatic heterocycles. The van der Waals surface area contributed by atoms with Crippen LogP contribution in [0.25, 0.3) is 0 Å². The third-order valence-electron chi connectivity index (χ3n) is 5.95. The Morgan fingerprint density at radius 2 is 1.89 bits per heavy atom. The highest BCUT2D eigenvalue weighted by molar-refractivity contribution is 5.53. The average Bonchev–Trinajstić information content (AvgIpc) is 2.78. The molecule has 0 saturated heterocycles. The second-order valence-electron chi connectivity index (χ2n) is 7.81. The molecule has 2 bridgehead atoms. The standard InChI is InChI=1S/C18H27N/c1-12-6-7-15(13(2)10-12)19-16-17(3,4)14-8-9-18(16,5)11-14/h6-7,10,14,16,19H,8-9,11H2,1-5H3. The van der Waals surface area contributed by atoms with Gasteiger partial charge in [-0.1, -0.05) is 38.5 Å². The van der Waals surface area contributed by atoms with Crippen LogP contribution in [0.4, 0.5) is 5.69 Å². The maximum absolute atomic E-state index is 3.90. The Morgan fingerprint density at radius 3 is 2.47 bits per heavy atom. The normalized spacial score (nSPS) is 35.6. The van der Waals surface area contributed by atoms with E-state index >= 15 is 0 Å². The van der Waals surface area contributed by atoms with E-state index in [-0.39, 0.29) is 0 Å². The van der Waals surface area contributed by atoms with Crippen LogP contribution in [0.15, 0.2) is 18.2 Å². The van der Waals surface area contributed by atoms with Crippen molar-refractivity contribution in [3.8, 4) is 0 Å². The number of hydrogen-bond acceptors (Lipinski definition) is 1. The molecule has 0 amide bonds. The maximum atomic E-state index is 3.90. The summed E-state index contributed by atoms with van der Waals surface area (Å²) >= 11 is 0. The van der Waals surface area contributed by atoms with Crippen LogP contribution in [0.1, 0.15) is 51.2 Å². The molecule has 1 heteroatoms. The van der Waals surface area contributed by atoms with Gasteiger partial charge in [-0.3, -0.25) is 0 Å². The van der Waals surface area contributed by atoms with Crippen LogP contribution in [0.2, 0.25) is 0 Å². The van der Waals surface area contributed by atoms with E-state index in [1.54, 1.807) is 0 Å². The Bertz CT molecular complexity index is 498. The molecule has 0 spiro atoms. The Morgan fingerprint density at radius 1 is 1.16 bits per heavy atom. The molecule has 0 radical (unpaired) electrons. The fourth-order valence-corrected chi connectivity index (χ4v) is 4.79. The van der Waals surface area contributed by atoms with Gasteiger partial charge in [-0.2, -0.15) is 0 Å². The molecule has 2 aliphatic rings. The summed E-state index contributed by atoms with van der Waals surface area (Å²) in [5.41, 5.74) is 4.97. The topological polar surface area (TPSA) is 12.0 Å². The largest absolute Gasteiger partial charge is 0.381 e. The van der Waals surface area contributed by atoms with Crippen molar-refractivity contribution in [1.29, 1.82) is 0 Å². The highest BCUT2D eigenvalue weighted by Crippen LogP contribution is 2.63. The van der Waals surface area contributed by atoms with Gasteiger partial charge in [0.2, 0.25) is 0 Å². The van der Waals surface area contributed by atoms with E-state index in [1.165, 1.54) is 36.1 Å². The van der Waals surface area contributed by atoms with Gasteiger partial charge in [-0.05, 0) is 61.5 Å². The molecular weight excluding hydrogens is 230 g/mol. The Kier molecular flexibility index (Phi) is 2.75. The van der Waals surface area contributed by atoms with Crippen LogP contribution in [-0.4, -0.2) is 6.04 Å². The lowest BCUT2D eigenvalue weighted by atomic mass is 9.68. The zero-order chi connectivity index (χ0) is 13.8. The molecule has 0 aromatic heterocycles. The summed E-state index contributed by atoms with van der Waals surface area (Å²) in [4.78, 5) is 0. The third-order valence-corrected chi connectivity index (χ3v) is 5.95. The highest BCUT2D eigenvalue weighted by Gasteiger charge is 2.59. The lowest BCUT2D eigenvalue weighted by Crippen LogP contribution is -2.45. The molecule has 1 aromatic carbocycles. The molecule has 1 nitrogen and oxygen atoms in total. The molecule has 0 heterocycles. The summed E-state index contributed by atoms with van der Waals surface area (Å²) in [5.74, 6) is 0.903. The number of rotatable bonds is 2. The zero-order valence-corrected chi connectivity index (χ0v) is 13.0. The fraction of sp³-hybridized carbons (Fsp3) is 0.667. The molecule has 2 fully saturated rings. The lowest BCUT2D eigenvalue weighted by Gasteiger charge is -2.44. The molecule has 2 saturated carbocycles. The summed E-state index contributed by atoms with van der Waals surface area (Å²) in [7, 11) is 0. The minimum Gasteiger partial charge on any atom is -0.381 e. The van der Waals surface area contributed by atoms with Crippen molar-refractivity contribution in [2.45, 2.75) is 59.9 Å². The van der Waals surface area contributed by atoms with Gasteiger partial charge < -0.3 is 5.32 Å². The first-order valence-corrected chi connectivity index (χ1v) is 7.67. The molecule has 3 unspecified atom stereocenters. The number of anilines is 1. The van der Waals surface area contributed by atoms with Crippen molar-refractivity contribution in [2.24, 2.45) is 16.7 Å². The number of aryl methyl sites for hydroxylation is 2. The quantitative estimate of drug-likeness (QED) is 0.792. The Balaban J connectivity index is 1.90. The van der Waals surface area contributed by atoms with Crippen LogP contribution < -0.4 is 5.32 Å². The Hall–Kier alpha value is -0.980. The van der Waals surface area contributed by atoms with E-state index in [9.17, 15) is 0 Å². The van der Waals surface area contributed by atoms with Crippen LogP contribution in [0.5, 0.6) is 0 Å². The van der Waals surface area contributed by atoms with Gasteiger partial charge in [0.1, 0.15) is 0 Å². The minimum atomic E-state index is 0.421. The van der Waals surface area contributed by atoms with E-state index in [4.69, 9.17) is 0 Å². The molecule has 3 rings (SSSR count). The van der Waals surface area contributed by atoms with Crippen molar-refractivity contribution in [1.82, 2.24) is 0 Å². The predicted molar refractivity (Wildman–Crippen MR) is 82.6 cm³/mol. The first kappa shape index (κ1) is 13.0. The van der Waals surface area contributed by atoms with Crippen LogP contribution in [-0.2, 0) is 0 Å². The first-order valence-electron chi connectivity index (χ1n) is 7.67. The monoisotopic (exact) mass is 257 g/mol. The molecule has 2 aliphatic carbocycles. The second kappa shape index (κ2) is 4.01. The van der Waals surface area contributed by atoms with Gasteiger partial charge in [-0.15, -0.1) is 0 Å². The maximum Gasteiger partial charge on any atom is 0.0372 e. The van der Waals surface area contributed by atoms with Gasteiger partial charge in [0.25, 0.3) is 0 Å². The van der Waals surface area contributed by atoms with Crippen LogP contribution >= 0.6 is 0 Å². The van der Waals surface area contributed by atoms with Gasteiger partial charge in [0, 0.05) is 11.7 Å². The van der Waals surface area contributed by atoms with Crippen molar-refractivity contribution in [2.75, 3.05) is 5.32 Å². The van der Waals surface area contributed by atoms with Crippen LogP contribution in [0.3, 0.4) is 0 Å². The number of benzene rings is 1. The number of fused-ring (bicyclic) bond motifs is 2. The first-order chi connectivity index (χ1) is 8.83. The van der Waals surface area contributed by atoms with Crippen molar-refractivity contribution in [3.05, 3.63) is 29.3 Å². The molecule has 3 atom stereocenters. The number of nitrogens with one attached hydrogen (secondary N) is 1. The van der Waals surface area contributed by atoms with Crippen molar-refractivity contribution in [3.63, 3.8) is 0 Å². The highest BCUT2D eigenvalue weighted by atomic mass is 15.0. The minimum absolute atomic E-state index is 0.421. The SMILES string of the molecule is Cc1ccc(NC2C3(C)CCC(C3)C2(C)C)c(C)c1. The van der Waals surface area contributed by atoms with E-state index in [0.717, 1.165) is 5.92 Å². The summed E-state index contributed by atoms with van der Waals surface area (Å²) in [6.07, 6.45) is 4.22. The number of hydrogen-bond donors (Lipinski definition) is 1. The van der Waals surface area contributed by atoms with Gasteiger partial charge in [-0.25, -0.2) is 0 Å². The van der Waals surface area contributed by atoms with Gasteiger partial charge in [0.05, 0.1) is 0 Å². The van der Waals surface area contributed by atoms with Crippen LogP contribution in [0, 0.1) is 30.6 Å². The summed E-state index contributed by atoms with van der Waals surface area (Å²) in [6.45, 7) is 11.8. The van der Waals surface area contributed by atoms with E-state index in [1.807, 2.05) is 0 Å². The molecule has 104 valence electrons. The smallest absolute Gasteiger partial charge is 0.0372 e. The lowest BCUT2D eigenvalue weighted by molar-refractivity contribution is 0.155. The van der Waals surface area contributed by atoms with E-state index < -0.39 is 0 Å². The van der Waals surface area contributed by atoms with Crippen molar-refractivity contribution < 1.29 is 0 Å². The molecule has 1 aromatic rings. The Labute approximate surface area is 117 Å². The summed E-state index contributed by atoms with van der Waals surface area (Å²) < 4.78 is 0. The molecular formula is C18H27N. The predicted octanol–water partition coefficient (Wildman–Crippen LogP) is 4.93. The van der Waals surface area contributed by atoms with Gasteiger partial charge in [0.15, 0.2) is 0 Å². The molecule has 19 heavy (non-hydrogen) atoms. The van der Waals surface area contributed by atoms with E-state index in [0.29, 0.717) is 16.9 Å². The summed E-state index contributed by atoms with van der Waals surface area (Å²) in [5, 5.41) is 3.90. The molecule has 1 N–H and O–H groups in total. The second-order valence-corrected chi connectivity index (χ2v) is 7.81. The van der Waals surface area contributed by atoms with Gasteiger partial charge >= 0.3 is 0 Å². The summed E-state index contributed by atoms with van der Waals surface area (Å²) in [6, 6.07) is 7.37. The zero-order valence-electron chi connectivity index (χ0n) is 13.0. The van der Waals surface area contributed by atoms with E-state index in [2.05, 4.69) is 58.1 Å². The fourth-order valence-electron chi connectivity index (χ4n) is 4.79. The average molecular weight is 257 g/mol. The third kappa shape index (κ3) is 1.89.